The number of hydrogen-bond acceptors (Lipinski definition) is 6. The maximum atomic E-state index is 12.3. The van der Waals surface area contributed by atoms with Crippen LogP contribution in [0.1, 0.15) is 5.56 Å². The first kappa shape index (κ1) is 16.0. The van der Waals surface area contributed by atoms with Gasteiger partial charge in [0.05, 0.1) is 4.92 Å². The van der Waals surface area contributed by atoms with Crippen molar-refractivity contribution in [2.24, 2.45) is 0 Å². The van der Waals surface area contributed by atoms with Gasteiger partial charge in [0, 0.05) is 23.8 Å². The van der Waals surface area contributed by atoms with Crippen molar-refractivity contribution in [3.05, 3.63) is 46.3 Å². The highest BCUT2D eigenvalue weighted by atomic mass is 19.3. The maximum Gasteiger partial charge on any atom is 0.387 e. The van der Waals surface area contributed by atoms with Crippen molar-refractivity contribution in [3.63, 3.8) is 0 Å². The zero-order valence-corrected chi connectivity index (χ0v) is 11.3. The van der Waals surface area contributed by atoms with Gasteiger partial charge in [0.2, 0.25) is 5.95 Å². The fourth-order valence-electron chi connectivity index (χ4n) is 1.57. The molecule has 2 aromatic rings. The molecule has 2 N–H and O–H groups in total. The topological polar surface area (TPSA) is 123 Å². The van der Waals surface area contributed by atoms with E-state index in [-0.39, 0.29) is 22.9 Å². The second-order valence-electron chi connectivity index (χ2n) is 4.01. The van der Waals surface area contributed by atoms with E-state index in [0.29, 0.717) is 0 Å². The third-order valence-electron chi connectivity index (χ3n) is 2.49. The Morgan fingerprint density at radius 1 is 1.48 bits per heavy atom. The number of benzene rings is 1. The molecule has 120 valence electrons. The van der Waals surface area contributed by atoms with Crippen molar-refractivity contribution in [1.82, 2.24) is 15.2 Å². The van der Waals surface area contributed by atoms with E-state index in [1.807, 2.05) is 0 Å². The van der Waals surface area contributed by atoms with Gasteiger partial charge < -0.3 is 4.74 Å². The SMILES string of the molecule is O=C(C=Cc1cc([N+](=O)[O-])ccc1OC(F)F)Nc1ncn[nH]1. The van der Waals surface area contributed by atoms with Crippen LogP contribution in [-0.2, 0) is 4.79 Å². The van der Waals surface area contributed by atoms with E-state index < -0.39 is 17.4 Å². The van der Waals surface area contributed by atoms with Crippen LogP contribution in [0.4, 0.5) is 20.4 Å². The highest BCUT2D eigenvalue weighted by Gasteiger charge is 2.13. The second kappa shape index (κ2) is 7.06. The number of aromatic nitrogens is 3. The molecule has 11 heteroatoms. The third-order valence-corrected chi connectivity index (χ3v) is 2.49. The number of hydrogen-bond donors (Lipinski definition) is 2. The fraction of sp³-hybridized carbons (Fsp3) is 0.0833. The van der Waals surface area contributed by atoms with E-state index in [4.69, 9.17) is 0 Å². The number of carbonyl (C=O) groups excluding carboxylic acids is 1. The van der Waals surface area contributed by atoms with Gasteiger partial charge in [-0.15, -0.1) is 0 Å². The van der Waals surface area contributed by atoms with Crippen molar-refractivity contribution in [1.29, 1.82) is 0 Å². The number of nitrogens with one attached hydrogen (secondary N) is 2. The molecule has 1 heterocycles. The molecule has 1 aromatic carbocycles. The number of halogens is 2. The molecule has 0 aliphatic carbocycles. The minimum absolute atomic E-state index is 0.0489. The number of anilines is 1. The number of nitro benzene ring substituents is 1. The quantitative estimate of drug-likeness (QED) is 0.475. The van der Waals surface area contributed by atoms with Crippen LogP contribution in [-0.4, -0.2) is 32.6 Å². The van der Waals surface area contributed by atoms with Crippen molar-refractivity contribution in [3.8, 4) is 5.75 Å². The molecular formula is C12H9F2N5O4. The van der Waals surface area contributed by atoms with E-state index in [1.54, 1.807) is 0 Å². The minimum Gasteiger partial charge on any atom is -0.434 e. The number of aromatic amines is 1. The Morgan fingerprint density at radius 3 is 2.87 bits per heavy atom. The molecule has 0 saturated carbocycles. The molecule has 0 atom stereocenters. The number of ether oxygens (including phenoxy) is 1. The van der Waals surface area contributed by atoms with Gasteiger partial charge in [-0.25, -0.2) is 5.10 Å². The predicted molar refractivity (Wildman–Crippen MR) is 73.8 cm³/mol. The van der Waals surface area contributed by atoms with Crippen molar-refractivity contribution in [2.75, 3.05) is 5.32 Å². The fourth-order valence-corrected chi connectivity index (χ4v) is 1.57. The largest absolute Gasteiger partial charge is 0.434 e. The van der Waals surface area contributed by atoms with Crippen LogP contribution in [0.3, 0.4) is 0 Å². The van der Waals surface area contributed by atoms with E-state index in [2.05, 4.69) is 25.2 Å². The lowest BCUT2D eigenvalue weighted by Gasteiger charge is -2.07. The number of nitro groups is 1. The summed E-state index contributed by atoms with van der Waals surface area (Å²) >= 11 is 0. The predicted octanol–water partition coefficient (Wildman–Crippen LogP) is 1.97. The molecule has 1 aromatic heterocycles. The van der Waals surface area contributed by atoms with E-state index >= 15 is 0 Å². The van der Waals surface area contributed by atoms with Gasteiger partial charge in [-0.1, -0.05) is 0 Å². The first-order valence-corrected chi connectivity index (χ1v) is 6.03. The maximum absolute atomic E-state index is 12.3. The highest BCUT2D eigenvalue weighted by Crippen LogP contribution is 2.26. The van der Waals surface area contributed by atoms with E-state index in [1.165, 1.54) is 6.33 Å². The Kier molecular flexibility index (Phi) is 4.92. The van der Waals surface area contributed by atoms with Crippen LogP contribution >= 0.6 is 0 Å². The molecule has 0 aliphatic heterocycles. The summed E-state index contributed by atoms with van der Waals surface area (Å²) in [5, 5.41) is 18.9. The molecule has 0 unspecified atom stereocenters. The first-order chi connectivity index (χ1) is 11.0. The molecule has 0 aliphatic rings. The van der Waals surface area contributed by atoms with Crippen LogP contribution in [0.25, 0.3) is 6.08 Å². The zero-order chi connectivity index (χ0) is 16.8. The zero-order valence-electron chi connectivity index (χ0n) is 11.3. The highest BCUT2D eigenvalue weighted by molar-refractivity contribution is 6.01. The molecule has 0 spiro atoms. The number of non-ortho nitro benzene ring substituents is 1. The van der Waals surface area contributed by atoms with Crippen LogP contribution in [0, 0.1) is 10.1 Å². The summed E-state index contributed by atoms with van der Waals surface area (Å²) in [4.78, 5) is 25.3. The number of amides is 1. The number of alkyl halides is 2. The van der Waals surface area contributed by atoms with E-state index in [9.17, 15) is 23.7 Å². The third kappa shape index (κ3) is 4.56. The van der Waals surface area contributed by atoms with Gasteiger partial charge in [-0.3, -0.25) is 20.2 Å². The van der Waals surface area contributed by atoms with Crippen LogP contribution in [0.2, 0.25) is 0 Å². The number of nitrogens with zero attached hydrogens (tertiary/aromatic N) is 3. The van der Waals surface area contributed by atoms with Gasteiger partial charge in [0.1, 0.15) is 12.1 Å². The van der Waals surface area contributed by atoms with Crippen LogP contribution in [0.15, 0.2) is 30.6 Å². The van der Waals surface area contributed by atoms with Gasteiger partial charge >= 0.3 is 6.61 Å². The lowest BCUT2D eigenvalue weighted by atomic mass is 10.1. The van der Waals surface area contributed by atoms with Crippen molar-refractivity contribution >= 4 is 23.6 Å². The monoisotopic (exact) mass is 325 g/mol. The molecule has 9 nitrogen and oxygen atoms in total. The summed E-state index contributed by atoms with van der Waals surface area (Å²) in [7, 11) is 0. The molecule has 0 fully saturated rings. The van der Waals surface area contributed by atoms with Gasteiger partial charge in [-0.2, -0.15) is 18.9 Å². The molecule has 23 heavy (non-hydrogen) atoms. The summed E-state index contributed by atoms with van der Waals surface area (Å²) in [6.45, 7) is -3.10. The summed E-state index contributed by atoms with van der Waals surface area (Å²) < 4.78 is 28.9. The molecule has 0 radical (unpaired) electrons. The van der Waals surface area contributed by atoms with E-state index in [0.717, 1.165) is 30.4 Å². The van der Waals surface area contributed by atoms with Gasteiger partial charge in [0.25, 0.3) is 11.6 Å². The summed E-state index contributed by atoms with van der Waals surface area (Å²) in [5.74, 6) is -0.853. The van der Waals surface area contributed by atoms with Crippen LogP contribution in [0.5, 0.6) is 5.75 Å². The normalized spacial score (nSPS) is 10.9. The number of rotatable bonds is 6. The second-order valence-corrected chi connectivity index (χ2v) is 4.01. The number of H-pyrrole nitrogens is 1. The van der Waals surface area contributed by atoms with Crippen molar-refractivity contribution in [2.45, 2.75) is 6.61 Å². The lowest BCUT2D eigenvalue weighted by molar-refractivity contribution is -0.384. The summed E-state index contributed by atoms with van der Waals surface area (Å²) in [6.07, 6.45) is 3.27. The minimum atomic E-state index is -3.10. The standard InChI is InChI=1S/C12H9F2N5O4/c13-11(14)23-9-3-2-8(19(21)22)5-7(9)1-4-10(20)17-12-15-6-16-18-12/h1-6,11H,(H2,15,16,17,18,20). The average molecular weight is 325 g/mol. The van der Waals surface area contributed by atoms with Gasteiger partial charge in [-0.05, 0) is 12.1 Å². The van der Waals surface area contributed by atoms with Gasteiger partial charge in [0.15, 0.2) is 0 Å². The summed E-state index contributed by atoms with van der Waals surface area (Å²) in [6, 6.07) is 3.05. The Hall–Kier alpha value is -3.37. The smallest absolute Gasteiger partial charge is 0.387 e. The Morgan fingerprint density at radius 2 is 2.26 bits per heavy atom. The lowest BCUT2D eigenvalue weighted by Crippen LogP contribution is -2.09. The summed E-state index contributed by atoms with van der Waals surface area (Å²) in [5.41, 5.74) is -0.380. The molecule has 2 rings (SSSR count). The molecule has 0 saturated heterocycles. The number of carbonyl (C=O) groups is 1. The first-order valence-electron chi connectivity index (χ1n) is 6.03. The Balaban J connectivity index is 2.21. The molecule has 0 bridgehead atoms. The molecular weight excluding hydrogens is 316 g/mol. The Bertz CT molecular complexity index is 733. The van der Waals surface area contributed by atoms with Crippen molar-refractivity contribution < 1.29 is 23.2 Å². The average Bonchev–Trinajstić information content (AvgIpc) is 2.98. The van der Waals surface area contributed by atoms with Crippen LogP contribution < -0.4 is 10.1 Å². The molecule has 1 amide bonds. The Labute approximate surface area is 127 Å².